The summed E-state index contributed by atoms with van der Waals surface area (Å²) in [5, 5.41) is 1.11. The maximum atomic E-state index is 13.5. The third-order valence-electron chi connectivity index (χ3n) is 5.09. The SMILES string of the molecule is O=C(Cc1ccccc1)n1c(=O)c2ccccc2c2nc3c(Br)cc(Br)cc3c(=O)n21. The highest BCUT2D eigenvalue weighted by Gasteiger charge is 2.20. The van der Waals surface area contributed by atoms with E-state index in [0.29, 0.717) is 25.2 Å². The van der Waals surface area contributed by atoms with E-state index in [1.807, 2.05) is 18.2 Å². The molecule has 2 heterocycles. The van der Waals surface area contributed by atoms with E-state index in [-0.39, 0.29) is 17.5 Å². The van der Waals surface area contributed by atoms with E-state index in [1.54, 1.807) is 48.5 Å². The molecule has 0 saturated heterocycles. The second kappa shape index (κ2) is 7.55. The topological polar surface area (TPSA) is 73.4 Å². The zero-order valence-corrected chi connectivity index (χ0v) is 19.1. The summed E-state index contributed by atoms with van der Waals surface area (Å²) in [6.45, 7) is 0. The largest absolute Gasteiger partial charge is 0.281 e. The number of carbonyl (C=O) groups excluding carboxylic acids is 1. The van der Waals surface area contributed by atoms with Crippen molar-refractivity contribution < 1.29 is 4.79 Å². The fourth-order valence-electron chi connectivity index (χ4n) is 3.71. The minimum absolute atomic E-state index is 0.0269. The van der Waals surface area contributed by atoms with Gasteiger partial charge in [-0.2, -0.15) is 9.20 Å². The van der Waals surface area contributed by atoms with Gasteiger partial charge in [0.2, 0.25) is 0 Å². The molecule has 0 bridgehead atoms. The number of nitrogens with zero attached hydrogens (tertiary/aromatic N) is 3. The summed E-state index contributed by atoms with van der Waals surface area (Å²) >= 11 is 6.85. The van der Waals surface area contributed by atoms with Crippen LogP contribution in [0.4, 0.5) is 0 Å². The zero-order chi connectivity index (χ0) is 21.7. The molecule has 0 amide bonds. The molecule has 5 rings (SSSR count). The lowest BCUT2D eigenvalue weighted by Gasteiger charge is -2.14. The smallest absolute Gasteiger partial charge is 0.272 e. The molecule has 5 aromatic rings. The van der Waals surface area contributed by atoms with E-state index in [0.717, 1.165) is 14.8 Å². The second-order valence-electron chi connectivity index (χ2n) is 7.05. The van der Waals surface area contributed by atoms with Crippen molar-refractivity contribution in [2.45, 2.75) is 6.42 Å². The first-order chi connectivity index (χ1) is 15.0. The Kier molecular flexibility index (Phi) is 4.83. The van der Waals surface area contributed by atoms with Crippen LogP contribution < -0.4 is 11.1 Å². The number of benzene rings is 3. The minimum Gasteiger partial charge on any atom is -0.272 e. The standard InChI is InChI=1S/C23H13Br2N3O3/c24-14-11-17-20(18(25)12-14)26-21-15-8-4-5-9-16(15)22(30)27(28(21)23(17)31)19(29)10-13-6-2-1-3-7-13/h1-9,11-12H,10H2. The van der Waals surface area contributed by atoms with Gasteiger partial charge in [0.15, 0.2) is 5.65 Å². The van der Waals surface area contributed by atoms with Gasteiger partial charge in [-0.25, -0.2) is 4.98 Å². The van der Waals surface area contributed by atoms with E-state index < -0.39 is 17.0 Å². The maximum absolute atomic E-state index is 13.5. The molecule has 152 valence electrons. The highest BCUT2D eigenvalue weighted by Crippen LogP contribution is 2.26. The lowest BCUT2D eigenvalue weighted by atomic mass is 10.1. The minimum atomic E-state index is -0.554. The van der Waals surface area contributed by atoms with E-state index in [4.69, 9.17) is 0 Å². The van der Waals surface area contributed by atoms with Crippen LogP contribution in [-0.2, 0) is 6.42 Å². The first-order valence-corrected chi connectivity index (χ1v) is 11.0. The molecule has 0 spiro atoms. The highest BCUT2D eigenvalue weighted by atomic mass is 79.9. The summed E-state index contributed by atoms with van der Waals surface area (Å²) in [4.78, 5) is 44.8. The monoisotopic (exact) mass is 537 g/mol. The van der Waals surface area contributed by atoms with E-state index in [1.165, 1.54) is 0 Å². The van der Waals surface area contributed by atoms with Gasteiger partial charge in [0.05, 0.1) is 22.7 Å². The number of hydrogen-bond donors (Lipinski definition) is 0. The molecule has 0 radical (unpaired) electrons. The van der Waals surface area contributed by atoms with Crippen LogP contribution in [0, 0.1) is 0 Å². The molecule has 0 atom stereocenters. The molecule has 0 fully saturated rings. The van der Waals surface area contributed by atoms with Gasteiger partial charge >= 0.3 is 0 Å². The van der Waals surface area contributed by atoms with Crippen LogP contribution in [0.2, 0.25) is 0 Å². The van der Waals surface area contributed by atoms with Gasteiger partial charge in [-0.05, 0) is 39.7 Å². The van der Waals surface area contributed by atoms with Gasteiger partial charge in [0, 0.05) is 14.3 Å². The van der Waals surface area contributed by atoms with Gasteiger partial charge in [0.25, 0.3) is 17.0 Å². The zero-order valence-electron chi connectivity index (χ0n) is 15.9. The first kappa shape index (κ1) is 19.8. The molecule has 0 saturated carbocycles. The van der Waals surface area contributed by atoms with Crippen LogP contribution in [0.25, 0.3) is 27.3 Å². The van der Waals surface area contributed by atoms with Crippen molar-refractivity contribution in [3.8, 4) is 0 Å². The number of hydrogen-bond acceptors (Lipinski definition) is 4. The predicted molar refractivity (Wildman–Crippen MR) is 127 cm³/mol. The average Bonchev–Trinajstić information content (AvgIpc) is 2.76. The molecule has 0 aliphatic carbocycles. The highest BCUT2D eigenvalue weighted by molar-refractivity contribution is 9.11. The molecule has 8 heteroatoms. The number of rotatable bonds is 2. The molecule has 31 heavy (non-hydrogen) atoms. The van der Waals surface area contributed by atoms with Crippen LogP contribution in [0.5, 0.6) is 0 Å². The summed E-state index contributed by atoms with van der Waals surface area (Å²) in [6, 6.07) is 19.4. The Morgan fingerprint density at radius 3 is 2.26 bits per heavy atom. The summed E-state index contributed by atoms with van der Waals surface area (Å²) < 4.78 is 3.32. The Balaban J connectivity index is 1.94. The van der Waals surface area contributed by atoms with Crippen molar-refractivity contribution in [1.82, 2.24) is 14.2 Å². The van der Waals surface area contributed by atoms with Crippen LogP contribution in [0.3, 0.4) is 0 Å². The number of carbonyl (C=O) groups is 1. The molecule has 0 unspecified atom stereocenters. The quantitative estimate of drug-likeness (QED) is 0.244. The van der Waals surface area contributed by atoms with Crippen molar-refractivity contribution in [3.63, 3.8) is 0 Å². The molecular formula is C23H13Br2N3O3. The van der Waals surface area contributed by atoms with Gasteiger partial charge < -0.3 is 0 Å². The van der Waals surface area contributed by atoms with E-state index in [9.17, 15) is 14.4 Å². The van der Waals surface area contributed by atoms with Crippen molar-refractivity contribution in [2.24, 2.45) is 0 Å². The Morgan fingerprint density at radius 1 is 0.839 bits per heavy atom. The Morgan fingerprint density at radius 2 is 1.52 bits per heavy atom. The van der Waals surface area contributed by atoms with Crippen molar-refractivity contribution in [3.05, 3.63) is 102 Å². The predicted octanol–water partition coefficient (Wildman–Crippen LogP) is 4.57. The normalized spacial score (nSPS) is 11.4. The summed E-state index contributed by atoms with van der Waals surface area (Å²) in [6.07, 6.45) is -0.0269. The molecule has 0 N–H and O–H groups in total. The Hall–Kier alpha value is -3.10. The van der Waals surface area contributed by atoms with Crippen molar-refractivity contribution in [1.29, 1.82) is 0 Å². The Labute approximate surface area is 192 Å². The number of halogens is 2. The lowest BCUT2D eigenvalue weighted by Crippen LogP contribution is -2.39. The van der Waals surface area contributed by atoms with Crippen LogP contribution in [-0.4, -0.2) is 20.1 Å². The van der Waals surface area contributed by atoms with E-state index in [2.05, 4.69) is 36.8 Å². The lowest BCUT2D eigenvalue weighted by molar-refractivity contribution is 0.0886. The van der Waals surface area contributed by atoms with E-state index >= 15 is 0 Å². The summed E-state index contributed by atoms with van der Waals surface area (Å²) in [5.41, 5.74) is 0.400. The van der Waals surface area contributed by atoms with Crippen LogP contribution >= 0.6 is 31.9 Å². The second-order valence-corrected chi connectivity index (χ2v) is 8.82. The third-order valence-corrected chi connectivity index (χ3v) is 6.16. The molecular weight excluding hydrogens is 526 g/mol. The van der Waals surface area contributed by atoms with Gasteiger partial charge in [-0.3, -0.25) is 14.4 Å². The molecule has 3 aromatic carbocycles. The van der Waals surface area contributed by atoms with Crippen LogP contribution in [0.15, 0.2) is 85.3 Å². The molecule has 2 aromatic heterocycles. The Bertz CT molecular complexity index is 1640. The summed E-state index contributed by atoms with van der Waals surface area (Å²) in [7, 11) is 0. The molecule has 6 nitrogen and oxygen atoms in total. The number of aromatic nitrogens is 3. The van der Waals surface area contributed by atoms with Crippen molar-refractivity contribution in [2.75, 3.05) is 0 Å². The van der Waals surface area contributed by atoms with Gasteiger partial charge in [-0.1, -0.05) is 64.5 Å². The average molecular weight is 539 g/mol. The third kappa shape index (κ3) is 3.23. The fourth-order valence-corrected chi connectivity index (χ4v) is 5.02. The van der Waals surface area contributed by atoms with Gasteiger partial charge in [0.1, 0.15) is 0 Å². The number of fused-ring (bicyclic) bond motifs is 4. The maximum Gasteiger partial charge on any atom is 0.281 e. The van der Waals surface area contributed by atoms with Gasteiger partial charge in [-0.15, -0.1) is 0 Å². The van der Waals surface area contributed by atoms with Crippen LogP contribution in [0.1, 0.15) is 10.4 Å². The first-order valence-electron chi connectivity index (χ1n) is 9.38. The molecule has 0 aliphatic heterocycles. The fraction of sp³-hybridized carbons (Fsp3) is 0.0435. The van der Waals surface area contributed by atoms with Crippen molar-refractivity contribution >= 4 is 65.1 Å². The molecule has 0 aliphatic rings. The summed E-state index contributed by atoms with van der Waals surface area (Å²) in [5.74, 6) is -0.510.